The molecule has 0 bridgehead atoms. The quantitative estimate of drug-likeness (QED) is 0.826. The fourth-order valence-corrected chi connectivity index (χ4v) is 2.29. The molecule has 2 aromatic rings. The van der Waals surface area contributed by atoms with Crippen LogP contribution < -0.4 is 5.32 Å². The second-order valence-corrected chi connectivity index (χ2v) is 4.72. The third kappa shape index (κ3) is 3.49. The second-order valence-electron chi connectivity index (χ2n) is 4.32. The summed E-state index contributed by atoms with van der Waals surface area (Å²) in [6.45, 7) is 1.55. The zero-order chi connectivity index (χ0) is 13.7. The Morgan fingerprint density at radius 1 is 1.42 bits per heavy atom. The molecule has 1 aromatic carbocycles. The Balaban J connectivity index is 1.99. The lowest BCUT2D eigenvalue weighted by atomic mass is 10.2. The average Bonchev–Trinajstić information content (AvgIpc) is 2.79. The summed E-state index contributed by atoms with van der Waals surface area (Å²) >= 11 is 6.16. The maximum Gasteiger partial charge on any atom is 0.239 e. The molecule has 1 heterocycles. The third-order valence-corrected chi connectivity index (χ3v) is 3.21. The van der Waals surface area contributed by atoms with E-state index in [-0.39, 0.29) is 12.5 Å². The fraction of sp³-hybridized carbons (Fsp3) is 0.357. The highest BCUT2D eigenvalue weighted by molar-refractivity contribution is 6.35. The number of hydrogen-bond donors (Lipinski definition) is 1. The van der Waals surface area contributed by atoms with Gasteiger partial charge >= 0.3 is 0 Å². The lowest BCUT2D eigenvalue weighted by Gasteiger charge is -2.08. The Bertz CT molecular complexity index is 566. The highest BCUT2D eigenvalue weighted by atomic mass is 35.5. The normalized spacial score (nSPS) is 10.8. The Hall–Kier alpha value is -1.52. The predicted molar refractivity (Wildman–Crippen MR) is 76.5 cm³/mol. The molecule has 1 N–H and O–H groups in total. The molecule has 0 fully saturated rings. The summed E-state index contributed by atoms with van der Waals surface area (Å²) in [6.07, 6.45) is 2.70. The first kappa shape index (κ1) is 13.9. The van der Waals surface area contributed by atoms with Gasteiger partial charge in [0, 0.05) is 31.8 Å². The largest absolute Gasteiger partial charge is 0.385 e. The minimum Gasteiger partial charge on any atom is -0.385 e. The first-order chi connectivity index (χ1) is 9.22. The van der Waals surface area contributed by atoms with Gasteiger partial charge in [0.05, 0.1) is 10.5 Å². The number of methoxy groups -OCH3 is 1. The van der Waals surface area contributed by atoms with Crippen LogP contribution in [-0.2, 0) is 16.1 Å². The molecule has 0 spiro atoms. The van der Waals surface area contributed by atoms with Gasteiger partial charge < -0.3 is 14.6 Å². The molecule has 19 heavy (non-hydrogen) atoms. The molecule has 0 aliphatic heterocycles. The van der Waals surface area contributed by atoms with Crippen molar-refractivity contribution in [2.24, 2.45) is 0 Å². The number of nitrogens with one attached hydrogen (secondary N) is 1. The smallest absolute Gasteiger partial charge is 0.239 e. The topological polar surface area (TPSA) is 43.3 Å². The average molecular weight is 281 g/mol. The van der Waals surface area contributed by atoms with Gasteiger partial charge in [-0.05, 0) is 18.6 Å². The molecular weight excluding hydrogens is 264 g/mol. The van der Waals surface area contributed by atoms with Gasteiger partial charge in [-0.1, -0.05) is 23.7 Å². The molecule has 5 heteroatoms. The van der Waals surface area contributed by atoms with Crippen LogP contribution in [0.1, 0.15) is 6.42 Å². The Morgan fingerprint density at radius 3 is 3.05 bits per heavy atom. The van der Waals surface area contributed by atoms with Crippen molar-refractivity contribution in [1.82, 2.24) is 9.88 Å². The summed E-state index contributed by atoms with van der Waals surface area (Å²) in [5.74, 6) is -0.0199. The summed E-state index contributed by atoms with van der Waals surface area (Å²) in [5.41, 5.74) is 0.899. The molecule has 1 amide bonds. The van der Waals surface area contributed by atoms with E-state index in [9.17, 15) is 4.79 Å². The van der Waals surface area contributed by atoms with Crippen LogP contribution in [0.25, 0.3) is 10.9 Å². The van der Waals surface area contributed by atoms with Crippen LogP contribution in [0.5, 0.6) is 0 Å². The summed E-state index contributed by atoms with van der Waals surface area (Å²) in [6, 6.07) is 7.67. The number of rotatable bonds is 6. The maximum atomic E-state index is 11.8. The first-order valence-corrected chi connectivity index (χ1v) is 6.59. The summed E-state index contributed by atoms with van der Waals surface area (Å²) in [5, 5.41) is 4.56. The van der Waals surface area contributed by atoms with Crippen LogP contribution in [0.3, 0.4) is 0 Å². The van der Waals surface area contributed by atoms with Crippen molar-refractivity contribution in [3.05, 3.63) is 35.5 Å². The van der Waals surface area contributed by atoms with Crippen LogP contribution >= 0.6 is 11.6 Å². The van der Waals surface area contributed by atoms with Crippen molar-refractivity contribution >= 4 is 28.4 Å². The number of nitrogens with zero attached hydrogens (tertiary/aromatic N) is 1. The Kier molecular flexibility index (Phi) is 4.82. The summed E-state index contributed by atoms with van der Waals surface area (Å²) in [7, 11) is 1.65. The number of para-hydroxylation sites is 1. The van der Waals surface area contributed by atoms with Crippen molar-refractivity contribution in [1.29, 1.82) is 0 Å². The molecule has 0 aliphatic rings. The SMILES string of the molecule is COCCCNC(=O)Cn1ccc2cccc(Cl)c21. The standard InChI is InChI=1S/C14H17ClN2O2/c1-19-9-3-7-16-13(18)10-17-8-6-11-4-2-5-12(15)14(11)17/h2,4-6,8H,3,7,9-10H2,1H3,(H,16,18). The minimum absolute atomic E-state index is 0.0199. The van der Waals surface area contributed by atoms with Crippen LogP contribution in [-0.4, -0.2) is 30.7 Å². The molecule has 0 saturated carbocycles. The summed E-state index contributed by atoms with van der Waals surface area (Å²) in [4.78, 5) is 11.8. The number of ether oxygens (including phenoxy) is 1. The molecule has 0 aliphatic carbocycles. The van der Waals surface area contributed by atoms with E-state index < -0.39 is 0 Å². The molecule has 0 radical (unpaired) electrons. The Labute approximate surface area is 117 Å². The first-order valence-electron chi connectivity index (χ1n) is 6.21. The van der Waals surface area contributed by atoms with E-state index in [0.717, 1.165) is 17.3 Å². The van der Waals surface area contributed by atoms with Crippen molar-refractivity contribution in [2.45, 2.75) is 13.0 Å². The van der Waals surface area contributed by atoms with Crippen LogP contribution in [0.4, 0.5) is 0 Å². The van der Waals surface area contributed by atoms with Crippen molar-refractivity contribution < 1.29 is 9.53 Å². The highest BCUT2D eigenvalue weighted by Crippen LogP contribution is 2.24. The lowest BCUT2D eigenvalue weighted by molar-refractivity contribution is -0.121. The zero-order valence-electron chi connectivity index (χ0n) is 10.9. The van der Waals surface area contributed by atoms with Gasteiger partial charge in [-0.2, -0.15) is 0 Å². The number of benzene rings is 1. The lowest BCUT2D eigenvalue weighted by Crippen LogP contribution is -2.28. The van der Waals surface area contributed by atoms with E-state index in [4.69, 9.17) is 16.3 Å². The molecule has 4 nitrogen and oxygen atoms in total. The number of hydrogen-bond acceptors (Lipinski definition) is 2. The molecule has 2 rings (SSSR count). The predicted octanol–water partition coefficient (Wildman–Crippen LogP) is 2.45. The van der Waals surface area contributed by atoms with E-state index in [2.05, 4.69) is 5.32 Å². The van der Waals surface area contributed by atoms with Crippen molar-refractivity contribution in [3.63, 3.8) is 0 Å². The van der Waals surface area contributed by atoms with E-state index in [1.165, 1.54) is 0 Å². The number of amides is 1. The van der Waals surface area contributed by atoms with E-state index >= 15 is 0 Å². The molecule has 0 saturated heterocycles. The molecular formula is C14H17ClN2O2. The van der Waals surface area contributed by atoms with Crippen LogP contribution in [0.2, 0.25) is 5.02 Å². The van der Waals surface area contributed by atoms with Gasteiger partial charge in [-0.15, -0.1) is 0 Å². The number of fused-ring (bicyclic) bond motifs is 1. The number of carbonyl (C=O) groups is 1. The second kappa shape index (κ2) is 6.59. The van der Waals surface area contributed by atoms with Crippen molar-refractivity contribution in [3.8, 4) is 0 Å². The number of halogens is 1. The molecule has 0 atom stereocenters. The Morgan fingerprint density at radius 2 is 2.26 bits per heavy atom. The van der Waals surface area contributed by atoms with Gasteiger partial charge in [0.1, 0.15) is 6.54 Å². The fourth-order valence-electron chi connectivity index (χ4n) is 2.00. The van der Waals surface area contributed by atoms with Gasteiger partial charge in [0.25, 0.3) is 0 Å². The minimum atomic E-state index is -0.0199. The number of aromatic nitrogens is 1. The van der Waals surface area contributed by atoms with Gasteiger partial charge in [0.2, 0.25) is 5.91 Å². The molecule has 102 valence electrons. The van der Waals surface area contributed by atoms with Crippen LogP contribution in [0, 0.1) is 0 Å². The maximum absolute atomic E-state index is 11.8. The monoisotopic (exact) mass is 280 g/mol. The van der Waals surface area contributed by atoms with E-state index in [1.54, 1.807) is 7.11 Å². The van der Waals surface area contributed by atoms with E-state index in [1.807, 2.05) is 35.0 Å². The number of carbonyl (C=O) groups excluding carboxylic acids is 1. The molecule has 0 unspecified atom stereocenters. The van der Waals surface area contributed by atoms with Gasteiger partial charge in [-0.25, -0.2) is 0 Å². The van der Waals surface area contributed by atoms with Crippen molar-refractivity contribution in [2.75, 3.05) is 20.3 Å². The third-order valence-electron chi connectivity index (χ3n) is 2.90. The molecule has 1 aromatic heterocycles. The van der Waals surface area contributed by atoms with Gasteiger partial charge in [-0.3, -0.25) is 4.79 Å². The zero-order valence-corrected chi connectivity index (χ0v) is 11.6. The van der Waals surface area contributed by atoms with Gasteiger partial charge in [0.15, 0.2) is 0 Å². The summed E-state index contributed by atoms with van der Waals surface area (Å²) < 4.78 is 6.79. The highest BCUT2D eigenvalue weighted by Gasteiger charge is 2.08. The van der Waals surface area contributed by atoms with E-state index in [0.29, 0.717) is 18.2 Å². The van der Waals surface area contributed by atoms with Crippen LogP contribution in [0.15, 0.2) is 30.5 Å².